The molecule has 1 fully saturated rings. The van der Waals surface area contributed by atoms with Crippen molar-refractivity contribution in [2.24, 2.45) is 11.8 Å². The monoisotopic (exact) mass is 256 g/mol. The first-order valence-electron chi connectivity index (χ1n) is 6.72. The second kappa shape index (κ2) is 6.61. The van der Waals surface area contributed by atoms with Crippen LogP contribution >= 0.6 is 0 Å². The quantitative estimate of drug-likeness (QED) is 0.719. The molecule has 0 spiro atoms. The van der Waals surface area contributed by atoms with E-state index in [1.54, 1.807) is 6.92 Å². The standard InChI is InChI=1S/C13H24N2O3/c1-4-11(12(16)17)15-13(18)14-10-6-8(2)5-9(3)7-10/h8-11H,4-7H2,1-3H3,(H,16,17)(H2,14,15,18). The molecule has 1 saturated carbocycles. The van der Waals surface area contributed by atoms with E-state index in [0.29, 0.717) is 18.3 Å². The summed E-state index contributed by atoms with van der Waals surface area (Å²) < 4.78 is 0. The van der Waals surface area contributed by atoms with Crippen molar-refractivity contribution in [3.63, 3.8) is 0 Å². The molecule has 104 valence electrons. The predicted molar refractivity (Wildman–Crippen MR) is 69.3 cm³/mol. The van der Waals surface area contributed by atoms with Crippen molar-refractivity contribution in [1.82, 2.24) is 10.6 Å². The van der Waals surface area contributed by atoms with Crippen LogP contribution in [0.25, 0.3) is 0 Å². The molecule has 0 heterocycles. The summed E-state index contributed by atoms with van der Waals surface area (Å²) in [5.41, 5.74) is 0. The number of hydrogen-bond acceptors (Lipinski definition) is 2. The van der Waals surface area contributed by atoms with E-state index in [-0.39, 0.29) is 12.1 Å². The van der Waals surface area contributed by atoms with Crippen LogP contribution in [0.1, 0.15) is 46.5 Å². The van der Waals surface area contributed by atoms with Gasteiger partial charge in [-0.25, -0.2) is 9.59 Å². The third kappa shape index (κ3) is 4.55. The average molecular weight is 256 g/mol. The number of urea groups is 1. The minimum Gasteiger partial charge on any atom is -0.480 e. The van der Waals surface area contributed by atoms with Crippen LogP contribution in [-0.4, -0.2) is 29.2 Å². The van der Waals surface area contributed by atoms with Crippen LogP contribution in [0.3, 0.4) is 0 Å². The van der Waals surface area contributed by atoms with Gasteiger partial charge in [0.2, 0.25) is 0 Å². The normalized spacial score (nSPS) is 29.4. The molecule has 1 aliphatic carbocycles. The van der Waals surface area contributed by atoms with Crippen molar-refractivity contribution in [3.8, 4) is 0 Å². The van der Waals surface area contributed by atoms with E-state index >= 15 is 0 Å². The zero-order chi connectivity index (χ0) is 13.7. The summed E-state index contributed by atoms with van der Waals surface area (Å²) in [5, 5.41) is 14.2. The van der Waals surface area contributed by atoms with E-state index in [9.17, 15) is 9.59 Å². The van der Waals surface area contributed by atoms with Crippen LogP contribution in [0.4, 0.5) is 4.79 Å². The molecule has 0 aromatic carbocycles. The molecule has 0 bridgehead atoms. The number of carboxylic acid groups (broad SMARTS) is 1. The molecule has 1 rings (SSSR count). The molecule has 3 N–H and O–H groups in total. The Morgan fingerprint density at radius 3 is 2.22 bits per heavy atom. The van der Waals surface area contributed by atoms with Gasteiger partial charge in [0.1, 0.15) is 6.04 Å². The number of nitrogens with one attached hydrogen (secondary N) is 2. The molecule has 0 aliphatic heterocycles. The van der Waals surface area contributed by atoms with Crippen LogP contribution in [0.5, 0.6) is 0 Å². The molecule has 2 amide bonds. The number of carbonyl (C=O) groups excluding carboxylic acids is 1. The molecule has 1 aliphatic rings. The fourth-order valence-electron chi connectivity index (χ4n) is 2.79. The lowest BCUT2D eigenvalue weighted by Crippen LogP contribution is -2.50. The van der Waals surface area contributed by atoms with Gasteiger partial charge < -0.3 is 15.7 Å². The van der Waals surface area contributed by atoms with Gasteiger partial charge in [-0.15, -0.1) is 0 Å². The lowest BCUT2D eigenvalue weighted by Gasteiger charge is -2.32. The number of amides is 2. The van der Waals surface area contributed by atoms with Crippen molar-refractivity contribution < 1.29 is 14.7 Å². The summed E-state index contributed by atoms with van der Waals surface area (Å²) >= 11 is 0. The summed E-state index contributed by atoms with van der Waals surface area (Å²) in [5.74, 6) is 0.235. The highest BCUT2D eigenvalue weighted by molar-refractivity contribution is 5.82. The predicted octanol–water partition coefficient (Wildman–Crippen LogP) is 1.97. The Morgan fingerprint density at radius 1 is 1.22 bits per heavy atom. The first-order valence-corrected chi connectivity index (χ1v) is 6.72. The molecule has 0 aromatic heterocycles. The maximum atomic E-state index is 11.7. The van der Waals surface area contributed by atoms with E-state index in [0.717, 1.165) is 12.8 Å². The maximum Gasteiger partial charge on any atom is 0.326 e. The maximum absolute atomic E-state index is 11.7. The van der Waals surface area contributed by atoms with E-state index < -0.39 is 12.0 Å². The first kappa shape index (κ1) is 14.8. The zero-order valence-corrected chi connectivity index (χ0v) is 11.4. The van der Waals surface area contributed by atoms with E-state index in [2.05, 4.69) is 24.5 Å². The Kier molecular flexibility index (Phi) is 5.44. The summed E-state index contributed by atoms with van der Waals surface area (Å²) in [6, 6.07) is -1.01. The molecule has 18 heavy (non-hydrogen) atoms. The van der Waals surface area contributed by atoms with Gasteiger partial charge in [-0.3, -0.25) is 0 Å². The lowest BCUT2D eigenvalue weighted by atomic mass is 9.80. The van der Waals surface area contributed by atoms with Crippen molar-refractivity contribution in [3.05, 3.63) is 0 Å². The molecular weight excluding hydrogens is 232 g/mol. The highest BCUT2D eigenvalue weighted by Crippen LogP contribution is 2.28. The SMILES string of the molecule is CCC(NC(=O)NC1CC(C)CC(C)C1)C(=O)O. The van der Waals surface area contributed by atoms with E-state index in [1.165, 1.54) is 6.42 Å². The van der Waals surface area contributed by atoms with Gasteiger partial charge in [-0.1, -0.05) is 20.8 Å². The minimum absolute atomic E-state index is 0.162. The van der Waals surface area contributed by atoms with Gasteiger partial charge >= 0.3 is 12.0 Å². The molecule has 3 unspecified atom stereocenters. The summed E-state index contributed by atoms with van der Waals surface area (Å²) in [4.78, 5) is 22.5. The summed E-state index contributed by atoms with van der Waals surface area (Å²) in [6.07, 6.45) is 3.54. The average Bonchev–Trinajstić information content (AvgIpc) is 2.23. The topological polar surface area (TPSA) is 78.4 Å². The number of carboxylic acids is 1. The van der Waals surface area contributed by atoms with Gasteiger partial charge in [0, 0.05) is 6.04 Å². The molecule has 0 aromatic rings. The van der Waals surface area contributed by atoms with Crippen LogP contribution in [0.15, 0.2) is 0 Å². The van der Waals surface area contributed by atoms with Gasteiger partial charge in [-0.2, -0.15) is 0 Å². The molecule has 3 atom stereocenters. The Bertz CT molecular complexity index is 297. The second-order valence-electron chi connectivity index (χ2n) is 5.53. The third-order valence-corrected chi connectivity index (χ3v) is 3.53. The van der Waals surface area contributed by atoms with Crippen molar-refractivity contribution in [2.45, 2.75) is 58.5 Å². The number of hydrogen-bond donors (Lipinski definition) is 3. The van der Waals surface area contributed by atoms with Gasteiger partial charge in [0.25, 0.3) is 0 Å². The number of aliphatic carboxylic acids is 1. The minimum atomic E-state index is -0.988. The van der Waals surface area contributed by atoms with Crippen molar-refractivity contribution >= 4 is 12.0 Å². The Morgan fingerprint density at radius 2 is 1.78 bits per heavy atom. The molecule has 0 saturated heterocycles. The summed E-state index contributed by atoms with van der Waals surface area (Å²) in [6.45, 7) is 6.12. The van der Waals surface area contributed by atoms with Crippen molar-refractivity contribution in [1.29, 1.82) is 0 Å². The van der Waals surface area contributed by atoms with Gasteiger partial charge in [0.15, 0.2) is 0 Å². The number of rotatable bonds is 4. The summed E-state index contributed by atoms with van der Waals surface area (Å²) in [7, 11) is 0. The molecule has 0 radical (unpaired) electrons. The van der Waals surface area contributed by atoms with Gasteiger partial charge in [0.05, 0.1) is 0 Å². The largest absolute Gasteiger partial charge is 0.480 e. The van der Waals surface area contributed by atoms with Crippen LogP contribution in [-0.2, 0) is 4.79 Å². The fraction of sp³-hybridized carbons (Fsp3) is 0.846. The smallest absolute Gasteiger partial charge is 0.326 e. The molecule has 5 nitrogen and oxygen atoms in total. The Balaban J connectivity index is 2.42. The lowest BCUT2D eigenvalue weighted by molar-refractivity contribution is -0.139. The number of carbonyl (C=O) groups is 2. The zero-order valence-electron chi connectivity index (χ0n) is 11.4. The van der Waals surface area contributed by atoms with Gasteiger partial charge in [-0.05, 0) is 37.5 Å². The van der Waals surface area contributed by atoms with Crippen LogP contribution in [0.2, 0.25) is 0 Å². The van der Waals surface area contributed by atoms with Crippen molar-refractivity contribution in [2.75, 3.05) is 0 Å². The highest BCUT2D eigenvalue weighted by atomic mass is 16.4. The van der Waals surface area contributed by atoms with Crippen LogP contribution < -0.4 is 10.6 Å². The first-order chi connectivity index (χ1) is 8.42. The van der Waals surface area contributed by atoms with Crippen LogP contribution in [0, 0.1) is 11.8 Å². The fourth-order valence-corrected chi connectivity index (χ4v) is 2.79. The van der Waals surface area contributed by atoms with E-state index in [1.807, 2.05) is 0 Å². The Labute approximate surface area is 108 Å². The highest BCUT2D eigenvalue weighted by Gasteiger charge is 2.26. The molecular formula is C13H24N2O3. The third-order valence-electron chi connectivity index (χ3n) is 3.53. The second-order valence-corrected chi connectivity index (χ2v) is 5.53. The molecule has 5 heteroatoms. The van der Waals surface area contributed by atoms with E-state index in [4.69, 9.17) is 5.11 Å². The Hall–Kier alpha value is -1.26.